The number of piperidine rings is 1. The molecule has 2 bridgehead atoms. The van der Waals surface area contributed by atoms with Gasteiger partial charge < -0.3 is 25.7 Å². The highest BCUT2D eigenvalue weighted by atomic mass is 32.1. The number of hydrogen-bond acceptors (Lipinski definition) is 9. The molecule has 1 aromatic carbocycles. The van der Waals surface area contributed by atoms with E-state index in [1.54, 1.807) is 7.05 Å². The van der Waals surface area contributed by atoms with Crippen LogP contribution < -0.4 is 20.7 Å². The van der Waals surface area contributed by atoms with Crippen LogP contribution in [0.5, 0.6) is 11.2 Å². The normalized spacial score (nSPS) is 22.7. The number of anilines is 2. The fraction of sp³-hybridized carbons (Fsp3) is 0.400. The first-order valence-corrected chi connectivity index (χ1v) is 11.0. The number of hydrogen-bond donors (Lipinski definition) is 3. The number of nitrogens with one attached hydrogen (secondary N) is 2. The molecule has 0 radical (unpaired) electrons. The molecule has 1 aliphatic carbocycles. The van der Waals surface area contributed by atoms with E-state index in [4.69, 9.17) is 15.5 Å². The molecule has 3 atom stereocenters. The van der Waals surface area contributed by atoms with Crippen molar-refractivity contribution in [3.63, 3.8) is 0 Å². The number of aromatic nitrogens is 5. The minimum Gasteiger partial charge on any atom is -0.394 e. The summed E-state index contributed by atoms with van der Waals surface area (Å²) >= 11 is 1.33. The Bertz CT molecular complexity index is 1320. The number of ether oxygens (including phenoxy) is 1. The first-order chi connectivity index (χ1) is 15.0. The fourth-order valence-corrected chi connectivity index (χ4v) is 5.46. The van der Waals surface area contributed by atoms with Crippen LogP contribution in [0.25, 0.3) is 21.9 Å². The summed E-state index contributed by atoms with van der Waals surface area (Å²) in [7, 11) is 1.76. The molecule has 0 amide bonds. The Labute approximate surface area is 180 Å². The minimum absolute atomic E-state index is 0.184. The van der Waals surface area contributed by atoms with Crippen LogP contribution in [0.3, 0.4) is 0 Å². The average molecular weight is 441 g/mol. The van der Waals surface area contributed by atoms with Crippen molar-refractivity contribution in [2.45, 2.75) is 31.8 Å². The van der Waals surface area contributed by atoms with Gasteiger partial charge in [0, 0.05) is 31.1 Å². The van der Waals surface area contributed by atoms with Crippen LogP contribution >= 0.6 is 11.3 Å². The summed E-state index contributed by atoms with van der Waals surface area (Å²) in [5.74, 6) is 0.845. The molecule has 160 valence electrons. The van der Waals surface area contributed by atoms with Gasteiger partial charge in [0.1, 0.15) is 22.3 Å². The lowest BCUT2D eigenvalue weighted by molar-refractivity contribution is 0.433. The summed E-state index contributed by atoms with van der Waals surface area (Å²) in [6.45, 7) is 2.67. The predicted molar refractivity (Wildman–Crippen MR) is 117 cm³/mol. The molecule has 4 aromatic rings. The van der Waals surface area contributed by atoms with Gasteiger partial charge in [-0.3, -0.25) is 0 Å². The first kappa shape index (κ1) is 18.7. The van der Waals surface area contributed by atoms with Gasteiger partial charge in [0.2, 0.25) is 0 Å². The zero-order valence-electron chi connectivity index (χ0n) is 17.0. The minimum atomic E-state index is -0.321. The van der Waals surface area contributed by atoms with Gasteiger partial charge in [-0.15, -0.1) is 5.10 Å². The van der Waals surface area contributed by atoms with Crippen molar-refractivity contribution in [3.05, 3.63) is 23.0 Å². The van der Waals surface area contributed by atoms with Crippen molar-refractivity contribution in [3.8, 4) is 11.2 Å². The first-order valence-electron chi connectivity index (χ1n) is 10.2. The van der Waals surface area contributed by atoms with Crippen LogP contribution in [0.4, 0.5) is 15.9 Å². The molecule has 1 saturated carbocycles. The van der Waals surface area contributed by atoms with Crippen LogP contribution in [0.15, 0.2) is 12.1 Å². The van der Waals surface area contributed by atoms with Crippen molar-refractivity contribution in [2.24, 2.45) is 11.7 Å². The van der Waals surface area contributed by atoms with Gasteiger partial charge in [-0.2, -0.15) is 9.97 Å². The highest BCUT2D eigenvalue weighted by Crippen LogP contribution is 2.44. The van der Waals surface area contributed by atoms with E-state index in [9.17, 15) is 4.39 Å². The molecule has 1 saturated heterocycles. The molecule has 4 N–H and O–H groups in total. The third kappa shape index (κ3) is 2.91. The van der Waals surface area contributed by atoms with Gasteiger partial charge in [0.15, 0.2) is 0 Å². The molecule has 6 rings (SSSR count). The highest BCUT2D eigenvalue weighted by molar-refractivity contribution is 7.13. The van der Waals surface area contributed by atoms with Gasteiger partial charge in [-0.05, 0) is 37.8 Å². The summed E-state index contributed by atoms with van der Waals surface area (Å²) in [6, 6.07) is 3.69. The van der Waals surface area contributed by atoms with E-state index in [0.717, 1.165) is 46.5 Å². The van der Waals surface area contributed by atoms with Crippen molar-refractivity contribution < 1.29 is 9.13 Å². The number of nitrogens with two attached hydrogens (primary N) is 1. The third-order valence-corrected chi connectivity index (χ3v) is 7.03. The van der Waals surface area contributed by atoms with E-state index in [0.29, 0.717) is 28.5 Å². The number of rotatable bonds is 4. The van der Waals surface area contributed by atoms with Crippen molar-refractivity contribution >= 4 is 44.8 Å². The quantitative estimate of drug-likeness (QED) is 0.443. The maximum Gasteiger partial charge on any atom is 0.327 e. The van der Waals surface area contributed by atoms with Crippen LogP contribution in [-0.4, -0.2) is 50.8 Å². The molecule has 4 heterocycles. The lowest BCUT2D eigenvalue weighted by Gasteiger charge is -2.31. The second-order valence-corrected chi connectivity index (χ2v) is 9.34. The Morgan fingerprint density at radius 1 is 1.29 bits per heavy atom. The second-order valence-electron chi connectivity index (χ2n) is 8.19. The molecule has 0 unspecified atom stereocenters. The number of nitrogens with zero attached hydrogens (tertiary/aromatic N) is 5. The Balaban J connectivity index is 1.56. The zero-order chi connectivity index (χ0) is 21.3. The number of benzene rings is 1. The average Bonchev–Trinajstić information content (AvgIpc) is 3.50. The Morgan fingerprint density at radius 3 is 2.84 bits per heavy atom. The lowest BCUT2D eigenvalue weighted by Crippen LogP contribution is -2.41. The van der Waals surface area contributed by atoms with E-state index >= 15 is 0 Å². The van der Waals surface area contributed by atoms with Gasteiger partial charge in [0.05, 0.1) is 16.6 Å². The fourth-order valence-electron chi connectivity index (χ4n) is 4.93. The number of fused-ring (bicyclic) bond motifs is 5. The zero-order valence-corrected chi connectivity index (χ0v) is 17.8. The largest absolute Gasteiger partial charge is 0.394 e. The third-order valence-electron chi connectivity index (χ3n) is 6.31. The molecule has 2 fully saturated rings. The lowest BCUT2D eigenvalue weighted by atomic mass is 10.0. The van der Waals surface area contributed by atoms with Crippen LogP contribution in [0.2, 0.25) is 0 Å². The summed E-state index contributed by atoms with van der Waals surface area (Å²) < 4.78 is 20.3. The molecule has 0 spiro atoms. The summed E-state index contributed by atoms with van der Waals surface area (Å²) in [4.78, 5) is 14.9. The van der Waals surface area contributed by atoms with Crippen molar-refractivity contribution in [1.29, 1.82) is 0 Å². The molecule has 1 aliphatic heterocycles. The van der Waals surface area contributed by atoms with Crippen LogP contribution in [-0.2, 0) is 0 Å². The van der Waals surface area contributed by atoms with Crippen LogP contribution in [0.1, 0.15) is 17.8 Å². The van der Waals surface area contributed by atoms with Gasteiger partial charge in [0.25, 0.3) is 0 Å². The molecular weight excluding hydrogens is 419 g/mol. The van der Waals surface area contributed by atoms with Gasteiger partial charge in [-0.25, -0.2) is 4.39 Å². The Hall–Kier alpha value is -3.05. The van der Waals surface area contributed by atoms with E-state index in [2.05, 4.69) is 30.4 Å². The monoisotopic (exact) mass is 440 g/mol. The van der Waals surface area contributed by atoms with Crippen molar-refractivity contribution in [1.82, 2.24) is 25.1 Å². The molecule has 11 heteroatoms. The Kier molecular flexibility index (Phi) is 4.06. The summed E-state index contributed by atoms with van der Waals surface area (Å²) in [5.41, 5.74) is 8.30. The van der Waals surface area contributed by atoms with E-state index < -0.39 is 0 Å². The highest BCUT2D eigenvalue weighted by Gasteiger charge is 2.44. The summed E-state index contributed by atoms with van der Waals surface area (Å²) in [6.07, 6.45) is 1.96. The molecule has 9 nitrogen and oxygen atoms in total. The van der Waals surface area contributed by atoms with Crippen LogP contribution in [0, 0.1) is 18.7 Å². The number of halogens is 1. The van der Waals surface area contributed by atoms with Gasteiger partial charge >= 0.3 is 11.2 Å². The number of aromatic amines is 1. The smallest absolute Gasteiger partial charge is 0.327 e. The number of H-pyrrole nitrogens is 1. The van der Waals surface area contributed by atoms with Gasteiger partial charge in [-0.1, -0.05) is 16.4 Å². The SMILES string of the molecule is CNc1cc(F)cc2c1[nH]c1nc(Oc3nnc(C)s3)nc(N3C[C@H]4C[C@@H]3C[C@H]4N)c12. The molecule has 31 heavy (non-hydrogen) atoms. The molecule has 3 aromatic heterocycles. The second kappa shape index (κ2) is 6.72. The maximum atomic E-state index is 14.4. The number of aryl methyl sites for hydroxylation is 1. The van der Waals surface area contributed by atoms with E-state index in [1.165, 1.54) is 23.5 Å². The standard InChI is InChI=1S/C20H21FN8OS/c1-8-27-28-20(31-8)30-19-25-17-15(12-4-10(21)5-14(23-2)16(12)24-17)18(26-19)29-7-9-3-11(29)6-13(9)22/h4-5,9,11,13,23H,3,6-7,22H2,1-2H3,(H,24,25,26)/t9-,11-,13-/m1/s1. The summed E-state index contributed by atoms with van der Waals surface area (Å²) in [5, 5.41) is 13.8. The maximum absolute atomic E-state index is 14.4. The van der Waals surface area contributed by atoms with Crippen molar-refractivity contribution in [2.75, 3.05) is 23.8 Å². The predicted octanol–water partition coefficient (Wildman–Crippen LogP) is 3.17. The van der Waals surface area contributed by atoms with E-state index in [-0.39, 0.29) is 17.9 Å². The topological polar surface area (TPSA) is 118 Å². The Morgan fingerprint density at radius 2 is 2.16 bits per heavy atom. The van der Waals surface area contributed by atoms with E-state index in [1.807, 2.05) is 6.92 Å². The molecular formula is C20H21FN8OS. The molecule has 2 aliphatic rings.